The SMILES string of the molecule is CC(C)NC(CC(=O)O)C(=O)NC(CC(=O)O)C(=O)C(C)C. The third-order valence-electron chi connectivity index (χ3n) is 2.84. The summed E-state index contributed by atoms with van der Waals surface area (Å²) in [5, 5.41) is 22.8. The van der Waals surface area contributed by atoms with Crippen LogP contribution in [0.4, 0.5) is 0 Å². The fourth-order valence-electron chi connectivity index (χ4n) is 1.88. The Bertz CT molecular complexity index is 433. The minimum Gasteiger partial charge on any atom is -0.481 e. The molecule has 1 amide bonds. The van der Waals surface area contributed by atoms with Crippen molar-refractivity contribution in [3.8, 4) is 0 Å². The van der Waals surface area contributed by atoms with Gasteiger partial charge in [0.05, 0.1) is 24.9 Å². The van der Waals surface area contributed by atoms with Crippen LogP contribution in [-0.4, -0.2) is 52.0 Å². The predicted octanol–water partition coefficient (Wildman–Crippen LogP) is 0.0123. The highest BCUT2D eigenvalue weighted by Crippen LogP contribution is 2.06. The predicted molar refractivity (Wildman–Crippen MR) is 78.3 cm³/mol. The first kappa shape index (κ1) is 20.0. The molecule has 0 bridgehead atoms. The quantitative estimate of drug-likeness (QED) is 0.446. The van der Waals surface area contributed by atoms with Gasteiger partial charge in [0, 0.05) is 12.0 Å². The number of carboxylic acids is 2. The van der Waals surface area contributed by atoms with Crippen LogP contribution >= 0.6 is 0 Å². The monoisotopic (exact) mass is 316 g/mol. The number of hydrogen-bond donors (Lipinski definition) is 4. The lowest BCUT2D eigenvalue weighted by atomic mass is 9.98. The first-order valence-electron chi connectivity index (χ1n) is 7.08. The van der Waals surface area contributed by atoms with Gasteiger partial charge in [0.2, 0.25) is 5.91 Å². The Balaban J connectivity index is 5.04. The van der Waals surface area contributed by atoms with Crippen molar-refractivity contribution in [2.45, 2.75) is 58.7 Å². The van der Waals surface area contributed by atoms with Crippen molar-refractivity contribution in [2.24, 2.45) is 5.92 Å². The first-order chi connectivity index (χ1) is 10.0. The lowest BCUT2D eigenvalue weighted by molar-refractivity contribution is -0.142. The first-order valence-corrected chi connectivity index (χ1v) is 7.08. The third kappa shape index (κ3) is 7.72. The lowest BCUT2D eigenvalue weighted by Gasteiger charge is -2.23. The van der Waals surface area contributed by atoms with Gasteiger partial charge in [-0.15, -0.1) is 0 Å². The van der Waals surface area contributed by atoms with E-state index in [4.69, 9.17) is 10.2 Å². The van der Waals surface area contributed by atoms with Crippen LogP contribution in [0, 0.1) is 5.92 Å². The number of carbonyl (C=O) groups is 4. The highest BCUT2D eigenvalue weighted by atomic mass is 16.4. The number of ketones is 1. The standard InChI is InChI=1S/C14H24N2O6/c1-7(2)13(21)9(5-11(17)18)16-14(22)10(6-12(19)20)15-8(3)4/h7-10,15H,5-6H2,1-4H3,(H,16,22)(H,17,18)(H,19,20). The molecule has 2 unspecified atom stereocenters. The largest absolute Gasteiger partial charge is 0.481 e. The van der Waals surface area contributed by atoms with Gasteiger partial charge < -0.3 is 20.8 Å². The molecule has 0 radical (unpaired) electrons. The molecule has 0 saturated heterocycles. The van der Waals surface area contributed by atoms with E-state index in [9.17, 15) is 19.2 Å². The maximum atomic E-state index is 12.2. The van der Waals surface area contributed by atoms with E-state index in [-0.39, 0.29) is 6.04 Å². The molecular formula is C14H24N2O6. The summed E-state index contributed by atoms with van der Waals surface area (Å²) >= 11 is 0. The number of hydrogen-bond acceptors (Lipinski definition) is 5. The second-order valence-corrected chi connectivity index (χ2v) is 5.69. The van der Waals surface area contributed by atoms with E-state index < -0.39 is 54.5 Å². The van der Waals surface area contributed by atoms with E-state index in [1.165, 1.54) is 0 Å². The van der Waals surface area contributed by atoms with Crippen molar-refractivity contribution in [3.05, 3.63) is 0 Å². The summed E-state index contributed by atoms with van der Waals surface area (Å²) in [6.45, 7) is 6.70. The molecule has 8 heteroatoms. The maximum Gasteiger partial charge on any atom is 0.305 e. The fraction of sp³-hybridized carbons (Fsp3) is 0.714. The second kappa shape index (κ2) is 9.14. The van der Waals surface area contributed by atoms with Crippen molar-refractivity contribution in [3.63, 3.8) is 0 Å². The van der Waals surface area contributed by atoms with Crippen LogP contribution in [0.25, 0.3) is 0 Å². The molecule has 0 fully saturated rings. The van der Waals surface area contributed by atoms with Crippen molar-refractivity contribution < 1.29 is 29.4 Å². The van der Waals surface area contributed by atoms with Crippen LogP contribution in [-0.2, 0) is 19.2 Å². The number of aliphatic carboxylic acids is 2. The van der Waals surface area contributed by atoms with Gasteiger partial charge in [-0.25, -0.2) is 0 Å². The highest BCUT2D eigenvalue weighted by Gasteiger charge is 2.29. The molecule has 0 rings (SSSR count). The molecular weight excluding hydrogens is 292 g/mol. The Labute approximate surface area is 129 Å². The maximum absolute atomic E-state index is 12.2. The number of carbonyl (C=O) groups excluding carboxylic acids is 2. The van der Waals surface area contributed by atoms with Crippen LogP contribution in [0.2, 0.25) is 0 Å². The van der Waals surface area contributed by atoms with Crippen molar-refractivity contribution >= 4 is 23.6 Å². The van der Waals surface area contributed by atoms with Crippen LogP contribution in [0.3, 0.4) is 0 Å². The van der Waals surface area contributed by atoms with Gasteiger partial charge in [0.25, 0.3) is 0 Å². The fourth-order valence-corrected chi connectivity index (χ4v) is 1.88. The van der Waals surface area contributed by atoms with Crippen LogP contribution in [0.15, 0.2) is 0 Å². The summed E-state index contributed by atoms with van der Waals surface area (Å²) < 4.78 is 0. The molecule has 0 aromatic heterocycles. The Kier molecular flexibility index (Phi) is 8.32. The summed E-state index contributed by atoms with van der Waals surface area (Å²) in [5.41, 5.74) is 0. The molecule has 0 aromatic carbocycles. The van der Waals surface area contributed by atoms with Gasteiger partial charge in [-0.2, -0.15) is 0 Å². The molecule has 0 aromatic rings. The summed E-state index contributed by atoms with van der Waals surface area (Å²) in [4.78, 5) is 45.8. The van der Waals surface area contributed by atoms with E-state index in [1.54, 1.807) is 27.7 Å². The number of Topliss-reactive ketones (excluding diaryl/α,β-unsaturated/α-hetero) is 1. The summed E-state index contributed by atoms with van der Waals surface area (Å²) in [6, 6.07) is -2.35. The molecule has 4 N–H and O–H groups in total. The highest BCUT2D eigenvalue weighted by molar-refractivity contribution is 5.95. The van der Waals surface area contributed by atoms with Crippen LogP contribution in [0.5, 0.6) is 0 Å². The van der Waals surface area contributed by atoms with Crippen molar-refractivity contribution in [1.82, 2.24) is 10.6 Å². The van der Waals surface area contributed by atoms with Gasteiger partial charge >= 0.3 is 11.9 Å². The second-order valence-electron chi connectivity index (χ2n) is 5.69. The molecule has 0 aliphatic carbocycles. The van der Waals surface area contributed by atoms with E-state index in [2.05, 4.69) is 10.6 Å². The third-order valence-corrected chi connectivity index (χ3v) is 2.84. The molecule has 0 heterocycles. The minimum absolute atomic E-state index is 0.145. The van der Waals surface area contributed by atoms with Crippen molar-refractivity contribution in [2.75, 3.05) is 0 Å². The zero-order valence-electron chi connectivity index (χ0n) is 13.3. The smallest absolute Gasteiger partial charge is 0.305 e. The van der Waals surface area contributed by atoms with Gasteiger partial charge in [0.1, 0.15) is 0 Å². The number of carboxylic acid groups (broad SMARTS) is 2. The molecule has 0 saturated carbocycles. The Morgan fingerprint density at radius 3 is 1.68 bits per heavy atom. The number of amides is 1. The normalized spacial score (nSPS) is 13.7. The van der Waals surface area contributed by atoms with E-state index in [0.29, 0.717) is 0 Å². The minimum atomic E-state index is -1.22. The lowest BCUT2D eigenvalue weighted by Crippen LogP contribution is -2.53. The van der Waals surface area contributed by atoms with Crippen LogP contribution in [0.1, 0.15) is 40.5 Å². The zero-order valence-corrected chi connectivity index (χ0v) is 13.3. The van der Waals surface area contributed by atoms with Gasteiger partial charge in [-0.05, 0) is 0 Å². The Morgan fingerprint density at radius 2 is 1.32 bits per heavy atom. The number of nitrogens with one attached hydrogen (secondary N) is 2. The summed E-state index contributed by atoms with van der Waals surface area (Å²) in [7, 11) is 0. The Morgan fingerprint density at radius 1 is 0.864 bits per heavy atom. The molecule has 0 spiro atoms. The molecule has 0 aliphatic rings. The van der Waals surface area contributed by atoms with Gasteiger partial charge in [-0.1, -0.05) is 27.7 Å². The van der Waals surface area contributed by atoms with Gasteiger partial charge in [-0.3, -0.25) is 19.2 Å². The average molecular weight is 316 g/mol. The summed E-state index contributed by atoms with van der Waals surface area (Å²) in [6.07, 6.45) is -0.996. The van der Waals surface area contributed by atoms with Crippen LogP contribution < -0.4 is 10.6 Å². The van der Waals surface area contributed by atoms with Crippen molar-refractivity contribution in [1.29, 1.82) is 0 Å². The molecule has 22 heavy (non-hydrogen) atoms. The Hall–Kier alpha value is -1.96. The molecule has 126 valence electrons. The summed E-state index contributed by atoms with van der Waals surface area (Å²) in [5.74, 6) is -3.93. The van der Waals surface area contributed by atoms with E-state index in [1.807, 2.05) is 0 Å². The molecule has 0 aliphatic heterocycles. The van der Waals surface area contributed by atoms with Gasteiger partial charge in [0.15, 0.2) is 5.78 Å². The van der Waals surface area contributed by atoms with E-state index >= 15 is 0 Å². The average Bonchev–Trinajstić information content (AvgIpc) is 2.34. The topological polar surface area (TPSA) is 133 Å². The molecule has 2 atom stereocenters. The van der Waals surface area contributed by atoms with E-state index in [0.717, 1.165) is 0 Å². The molecule has 8 nitrogen and oxygen atoms in total. The zero-order chi connectivity index (χ0) is 17.4. The number of rotatable bonds is 10.